The van der Waals surface area contributed by atoms with Crippen LogP contribution in [0.15, 0.2) is 29.2 Å². The minimum Gasteiger partial charge on any atom is -0.480 e. The first kappa shape index (κ1) is 14.9. The molecule has 1 aromatic rings. The first-order valence-electron chi connectivity index (χ1n) is 6.74. The molecule has 1 unspecified atom stereocenters. The second-order valence-electron chi connectivity index (χ2n) is 5.43. The van der Waals surface area contributed by atoms with Gasteiger partial charge >= 0.3 is 5.97 Å². The summed E-state index contributed by atoms with van der Waals surface area (Å²) in [6.45, 7) is 3.89. The third kappa shape index (κ3) is 3.33. The highest BCUT2D eigenvalue weighted by atomic mass is 32.2. The predicted molar refractivity (Wildman–Crippen MR) is 78.9 cm³/mol. The van der Waals surface area contributed by atoms with E-state index < -0.39 is 12.0 Å². The number of benzene rings is 1. The molecule has 1 heterocycles. The number of hydrogen-bond donors (Lipinski definition) is 2. The maximum absolute atomic E-state index is 12.3. The first-order chi connectivity index (χ1) is 9.49. The van der Waals surface area contributed by atoms with E-state index in [9.17, 15) is 14.7 Å². The third-order valence-corrected chi connectivity index (χ3v) is 4.52. The zero-order valence-electron chi connectivity index (χ0n) is 11.6. The number of carboxylic acids is 1. The second-order valence-corrected chi connectivity index (χ2v) is 6.49. The van der Waals surface area contributed by atoms with Crippen LogP contribution in [-0.2, 0) is 9.59 Å². The van der Waals surface area contributed by atoms with E-state index in [1.165, 1.54) is 0 Å². The van der Waals surface area contributed by atoms with Gasteiger partial charge in [-0.2, -0.15) is 0 Å². The fraction of sp³-hybridized carbons (Fsp3) is 0.467. The molecule has 0 spiro atoms. The van der Waals surface area contributed by atoms with Crippen molar-refractivity contribution in [2.45, 2.75) is 37.1 Å². The molecule has 1 aliphatic heterocycles. The number of carboxylic acid groups (broad SMARTS) is 1. The van der Waals surface area contributed by atoms with Gasteiger partial charge in [-0.3, -0.25) is 4.79 Å². The molecule has 4 nitrogen and oxygen atoms in total. The highest BCUT2D eigenvalue weighted by Gasteiger charge is 2.31. The van der Waals surface area contributed by atoms with Crippen molar-refractivity contribution in [3.63, 3.8) is 0 Å². The normalized spacial score (nSPS) is 18.6. The molecule has 0 aromatic heterocycles. The van der Waals surface area contributed by atoms with Crippen LogP contribution in [0, 0.1) is 5.92 Å². The Morgan fingerprint density at radius 3 is 2.75 bits per heavy atom. The van der Waals surface area contributed by atoms with Crippen molar-refractivity contribution < 1.29 is 14.7 Å². The molecule has 0 aliphatic carbocycles. The van der Waals surface area contributed by atoms with Crippen LogP contribution in [-0.4, -0.2) is 28.8 Å². The van der Waals surface area contributed by atoms with Crippen molar-refractivity contribution in [1.29, 1.82) is 0 Å². The monoisotopic (exact) mass is 293 g/mol. The standard InChI is InChI=1S/C15H19NO3S/c1-9(2)7-12(15(18)19)16-14(17)11-8-20-13-6-4-3-5-10(11)13/h3-6,9,11-12H,7-8H2,1-2H3,(H,16,17)(H,18,19)/t11?,12-/m0/s1. The Kier molecular flexibility index (Phi) is 4.70. The second kappa shape index (κ2) is 6.31. The summed E-state index contributed by atoms with van der Waals surface area (Å²) in [4.78, 5) is 24.6. The smallest absolute Gasteiger partial charge is 0.326 e. The molecule has 1 aliphatic rings. The quantitative estimate of drug-likeness (QED) is 0.875. The van der Waals surface area contributed by atoms with E-state index in [0.717, 1.165) is 10.5 Å². The van der Waals surface area contributed by atoms with Crippen LogP contribution in [0.25, 0.3) is 0 Å². The lowest BCUT2D eigenvalue weighted by Gasteiger charge is -2.19. The Balaban J connectivity index is 2.07. The highest BCUT2D eigenvalue weighted by molar-refractivity contribution is 7.99. The SMILES string of the molecule is CC(C)C[C@H](NC(=O)C1CSc2ccccc21)C(=O)O. The van der Waals surface area contributed by atoms with E-state index >= 15 is 0 Å². The molecular formula is C15H19NO3S. The van der Waals surface area contributed by atoms with Crippen LogP contribution < -0.4 is 5.32 Å². The van der Waals surface area contributed by atoms with Crippen molar-refractivity contribution in [2.24, 2.45) is 5.92 Å². The van der Waals surface area contributed by atoms with Gasteiger partial charge < -0.3 is 10.4 Å². The van der Waals surface area contributed by atoms with Crippen molar-refractivity contribution in [3.8, 4) is 0 Å². The fourth-order valence-corrected chi connectivity index (χ4v) is 3.57. The van der Waals surface area contributed by atoms with Gasteiger partial charge in [-0.1, -0.05) is 32.0 Å². The molecule has 20 heavy (non-hydrogen) atoms. The Labute approximate surface area is 123 Å². The molecule has 2 rings (SSSR count). The molecule has 1 aromatic carbocycles. The molecular weight excluding hydrogens is 274 g/mol. The van der Waals surface area contributed by atoms with Crippen molar-refractivity contribution >= 4 is 23.6 Å². The molecule has 0 saturated carbocycles. The Morgan fingerprint density at radius 2 is 2.10 bits per heavy atom. The van der Waals surface area contributed by atoms with E-state index in [-0.39, 0.29) is 17.7 Å². The van der Waals surface area contributed by atoms with Crippen LogP contribution in [0.1, 0.15) is 31.7 Å². The lowest BCUT2D eigenvalue weighted by Crippen LogP contribution is -2.43. The number of aliphatic carboxylic acids is 1. The number of carbonyl (C=O) groups excluding carboxylic acids is 1. The van der Waals surface area contributed by atoms with Crippen LogP contribution in [0.4, 0.5) is 0 Å². The summed E-state index contributed by atoms with van der Waals surface area (Å²) >= 11 is 1.65. The molecule has 0 bridgehead atoms. The molecule has 5 heteroatoms. The fourth-order valence-electron chi connectivity index (χ4n) is 2.34. The topological polar surface area (TPSA) is 66.4 Å². The number of thioether (sulfide) groups is 1. The molecule has 108 valence electrons. The summed E-state index contributed by atoms with van der Waals surface area (Å²) < 4.78 is 0. The number of nitrogens with one attached hydrogen (secondary N) is 1. The Morgan fingerprint density at radius 1 is 1.40 bits per heavy atom. The average Bonchev–Trinajstić information content (AvgIpc) is 2.81. The molecule has 0 radical (unpaired) electrons. The number of hydrogen-bond acceptors (Lipinski definition) is 3. The molecule has 2 atom stereocenters. The molecule has 1 amide bonds. The lowest BCUT2D eigenvalue weighted by molar-refractivity contribution is -0.142. The maximum atomic E-state index is 12.3. The third-order valence-electron chi connectivity index (χ3n) is 3.34. The van der Waals surface area contributed by atoms with Gasteiger partial charge in [0.05, 0.1) is 5.92 Å². The van der Waals surface area contributed by atoms with E-state index in [1.807, 2.05) is 38.1 Å². The summed E-state index contributed by atoms with van der Waals surface area (Å²) in [5, 5.41) is 11.9. The average molecular weight is 293 g/mol. The van der Waals surface area contributed by atoms with Gasteiger partial charge in [0, 0.05) is 10.6 Å². The van der Waals surface area contributed by atoms with Crippen molar-refractivity contribution in [1.82, 2.24) is 5.32 Å². The van der Waals surface area contributed by atoms with Gasteiger partial charge in [0.15, 0.2) is 0 Å². The number of fused-ring (bicyclic) bond motifs is 1. The summed E-state index contributed by atoms with van der Waals surface area (Å²) in [6.07, 6.45) is 0.447. The summed E-state index contributed by atoms with van der Waals surface area (Å²) in [6, 6.07) is 6.99. The zero-order chi connectivity index (χ0) is 14.7. The van der Waals surface area contributed by atoms with Gasteiger partial charge in [-0.05, 0) is 24.0 Å². The van der Waals surface area contributed by atoms with Gasteiger partial charge in [-0.15, -0.1) is 11.8 Å². The van der Waals surface area contributed by atoms with Gasteiger partial charge in [-0.25, -0.2) is 4.79 Å². The number of amides is 1. The lowest BCUT2D eigenvalue weighted by atomic mass is 9.98. The van der Waals surface area contributed by atoms with Gasteiger partial charge in [0.1, 0.15) is 6.04 Å². The van der Waals surface area contributed by atoms with E-state index in [1.54, 1.807) is 11.8 Å². The maximum Gasteiger partial charge on any atom is 0.326 e. The highest BCUT2D eigenvalue weighted by Crippen LogP contribution is 2.39. The van der Waals surface area contributed by atoms with Crippen LogP contribution >= 0.6 is 11.8 Å². The van der Waals surface area contributed by atoms with Crippen LogP contribution in [0.2, 0.25) is 0 Å². The summed E-state index contributed by atoms with van der Waals surface area (Å²) in [7, 11) is 0. The summed E-state index contributed by atoms with van der Waals surface area (Å²) in [5.41, 5.74) is 1.00. The Bertz CT molecular complexity index is 516. The number of rotatable bonds is 5. The zero-order valence-corrected chi connectivity index (χ0v) is 12.4. The van der Waals surface area contributed by atoms with Crippen molar-refractivity contribution in [2.75, 3.05) is 5.75 Å². The van der Waals surface area contributed by atoms with Gasteiger partial charge in [0.25, 0.3) is 0 Å². The summed E-state index contributed by atoms with van der Waals surface area (Å²) in [5.74, 6) is -0.493. The van der Waals surface area contributed by atoms with E-state index in [2.05, 4.69) is 5.32 Å². The Hall–Kier alpha value is -1.49. The first-order valence-corrected chi connectivity index (χ1v) is 7.72. The molecule has 0 fully saturated rings. The minimum atomic E-state index is -0.967. The van der Waals surface area contributed by atoms with E-state index in [4.69, 9.17) is 0 Å². The predicted octanol–water partition coefficient (Wildman–Crippen LogP) is 2.49. The van der Waals surface area contributed by atoms with Gasteiger partial charge in [0.2, 0.25) is 5.91 Å². The minimum absolute atomic E-state index is 0.185. The van der Waals surface area contributed by atoms with Crippen LogP contribution in [0.3, 0.4) is 0 Å². The van der Waals surface area contributed by atoms with E-state index in [0.29, 0.717) is 12.2 Å². The number of carbonyl (C=O) groups is 2. The van der Waals surface area contributed by atoms with Crippen molar-refractivity contribution in [3.05, 3.63) is 29.8 Å². The molecule has 2 N–H and O–H groups in total. The molecule has 0 saturated heterocycles. The van der Waals surface area contributed by atoms with Crippen LogP contribution in [0.5, 0.6) is 0 Å². The largest absolute Gasteiger partial charge is 0.480 e.